The molecule has 0 saturated carbocycles. The van der Waals surface area contributed by atoms with Crippen molar-refractivity contribution in [1.29, 1.82) is 0 Å². The molecule has 4 heteroatoms. The number of aromatic nitrogens is 4. The Morgan fingerprint density at radius 2 is 0.833 bits per heavy atom. The van der Waals surface area contributed by atoms with Crippen LogP contribution >= 0.6 is 0 Å². The van der Waals surface area contributed by atoms with Gasteiger partial charge in [-0.15, -0.1) is 0 Å². The summed E-state index contributed by atoms with van der Waals surface area (Å²) in [4.78, 5) is 10.7. The minimum absolute atomic E-state index is 0.649. The van der Waals surface area contributed by atoms with Crippen LogP contribution in [0.5, 0.6) is 0 Å². The average molecular weight is 763 g/mol. The van der Waals surface area contributed by atoms with Gasteiger partial charge in [0, 0.05) is 38.2 Å². The molecule has 0 N–H and O–H groups in total. The summed E-state index contributed by atoms with van der Waals surface area (Å²) in [5.41, 5.74) is 10.9. The average Bonchev–Trinajstić information content (AvgIpc) is 3.84. The van der Waals surface area contributed by atoms with E-state index in [0.29, 0.717) is 5.95 Å². The minimum Gasteiger partial charge on any atom is -0.309 e. The van der Waals surface area contributed by atoms with E-state index in [9.17, 15) is 0 Å². The summed E-state index contributed by atoms with van der Waals surface area (Å²) in [5.74, 6) is 0.649. The normalized spacial score (nSPS) is 12.0. The van der Waals surface area contributed by atoms with E-state index in [4.69, 9.17) is 9.97 Å². The van der Waals surface area contributed by atoms with Gasteiger partial charge in [0.05, 0.1) is 33.3 Å². The molecule has 0 aliphatic carbocycles. The molecule has 0 aliphatic heterocycles. The largest absolute Gasteiger partial charge is 0.309 e. The third-order valence-electron chi connectivity index (χ3n) is 12.5. The van der Waals surface area contributed by atoms with Gasteiger partial charge in [-0.2, -0.15) is 0 Å². The smallest absolute Gasteiger partial charge is 0.235 e. The van der Waals surface area contributed by atoms with Gasteiger partial charge in [0.25, 0.3) is 0 Å². The fraction of sp³-hybridized carbons (Fsp3) is 0. The second-order valence-electron chi connectivity index (χ2n) is 15.8. The lowest BCUT2D eigenvalue weighted by Crippen LogP contribution is -2.03. The second-order valence-corrected chi connectivity index (χ2v) is 15.8. The molecule has 60 heavy (non-hydrogen) atoms. The first-order chi connectivity index (χ1) is 29.7. The second kappa shape index (κ2) is 12.7. The molecule has 0 aliphatic rings. The zero-order chi connectivity index (χ0) is 39.3. The third-order valence-corrected chi connectivity index (χ3v) is 12.5. The first-order valence-electron chi connectivity index (χ1n) is 20.5. The van der Waals surface area contributed by atoms with Gasteiger partial charge in [-0.3, -0.25) is 4.57 Å². The van der Waals surface area contributed by atoms with Crippen molar-refractivity contribution in [3.63, 3.8) is 0 Å². The molecule has 0 amide bonds. The van der Waals surface area contributed by atoms with Gasteiger partial charge in [-0.25, -0.2) is 9.97 Å². The maximum Gasteiger partial charge on any atom is 0.235 e. The zero-order valence-corrected chi connectivity index (χ0v) is 32.4. The van der Waals surface area contributed by atoms with Crippen LogP contribution in [-0.2, 0) is 0 Å². The van der Waals surface area contributed by atoms with E-state index >= 15 is 0 Å². The Morgan fingerprint density at radius 1 is 0.300 bits per heavy atom. The molecule has 13 aromatic rings. The molecule has 0 fully saturated rings. The SMILES string of the molecule is c1ccc2cc(-c3ccc(-c4nc(-n5c6ccccc6c6cc(-n7c8ccc9ccccc9c8c8c9ccccc9ccc87)ccc65)nc5ccccc45)cc3)ccc2c1. The molecule has 0 spiro atoms. The number of hydrogen-bond donors (Lipinski definition) is 0. The Bertz CT molecular complexity index is 3800. The van der Waals surface area contributed by atoms with Crippen molar-refractivity contribution in [1.82, 2.24) is 19.1 Å². The van der Waals surface area contributed by atoms with Crippen LogP contribution in [0.2, 0.25) is 0 Å². The molecule has 0 unspecified atom stereocenters. The monoisotopic (exact) mass is 762 g/mol. The van der Waals surface area contributed by atoms with Crippen molar-refractivity contribution in [3.8, 4) is 34.0 Å². The topological polar surface area (TPSA) is 35.6 Å². The number of fused-ring (bicyclic) bond motifs is 12. The highest BCUT2D eigenvalue weighted by molar-refractivity contribution is 6.28. The molecule has 13 rings (SSSR count). The zero-order valence-electron chi connectivity index (χ0n) is 32.4. The summed E-state index contributed by atoms with van der Waals surface area (Å²) in [5, 5.41) is 13.4. The molecule has 0 bridgehead atoms. The van der Waals surface area contributed by atoms with Crippen LogP contribution in [0.15, 0.2) is 206 Å². The Kier molecular flexibility index (Phi) is 6.98. The fourth-order valence-corrected chi connectivity index (χ4v) is 9.72. The van der Waals surface area contributed by atoms with E-state index in [0.717, 1.165) is 49.7 Å². The standard InChI is InChI=1S/C56H34N4/c1-2-14-40-33-41(26-23-35(40)11-1)36-21-24-39(25-22-36)55-46-18-7-9-19-48(46)57-56(58-55)60-49-20-10-8-17-45(49)47-34-42(29-32-50(47)60)59-51-30-27-37-12-3-5-15-43(37)53(51)54-44-16-6-4-13-38(44)28-31-52(54)59/h1-34H. The lowest BCUT2D eigenvalue weighted by atomic mass is 9.99. The summed E-state index contributed by atoms with van der Waals surface area (Å²) in [6.07, 6.45) is 0. The molecule has 10 aromatic carbocycles. The maximum absolute atomic E-state index is 5.42. The van der Waals surface area contributed by atoms with Crippen molar-refractivity contribution in [3.05, 3.63) is 206 Å². The van der Waals surface area contributed by atoms with Crippen LogP contribution in [0.4, 0.5) is 0 Å². The van der Waals surface area contributed by atoms with E-state index in [1.165, 1.54) is 65.3 Å². The van der Waals surface area contributed by atoms with Crippen LogP contribution in [0.3, 0.4) is 0 Å². The van der Waals surface area contributed by atoms with Crippen molar-refractivity contribution < 1.29 is 0 Å². The van der Waals surface area contributed by atoms with E-state index in [1.54, 1.807) is 0 Å². The lowest BCUT2D eigenvalue weighted by Gasteiger charge is -2.13. The highest BCUT2D eigenvalue weighted by atomic mass is 15.2. The number of rotatable bonds is 4. The summed E-state index contributed by atoms with van der Waals surface area (Å²) < 4.78 is 4.68. The van der Waals surface area contributed by atoms with Gasteiger partial charge in [0.2, 0.25) is 5.95 Å². The van der Waals surface area contributed by atoms with Crippen LogP contribution in [0.1, 0.15) is 0 Å². The third kappa shape index (κ3) is 4.85. The van der Waals surface area contributed by atoms with E-state index in [2.05, 4.69) is 215 Å². The number of para-hydroxylation sites is 2. The molecule has 3 heterocycles. The molecule has 278 valence electrons. The predicted molar refractivity (Wildman–Crippen MR) is 252 cm³/mol. The van der Waals surface area contributed by atoms with Crippen LogP contribution in [0, 0.1) is 0 Å². The predicted octanol–water partition coefficient (Wildman–Crippen LogP) is 14.6. The summed E-state index contributed by atoms with van der Waals surface area (Å²) in [7, 11) is 0. The maximum atomic E-state index is 5.42. The van der Waals surface area contributed by atoms with Gasteiger partial charge in [-0.1, -0.05) is 158 Å². The molecular formula is C56H34N4. The summed E-state index contributed by atoms with van der Waals surface area (Å²) in [6, 6.07) is 74.4. The minimum atomic E-state index is 0.649. The van der Waals surface area contributed by atoms with E-state index in [1.807, 2.05) is 0 Å². The van der Waals surface area contributed by atoms with Gasteiger partial charge in [0.1, 0.15) is 0 Å². The molecule has 3 aromatic heterocycles. The highest BCUT2D eigenvalue weighted by Crippen LogP contribution is 2.42. The van der Waals surface area contributed by atoms with Crippen molar-refractivity contribution in [2.45, 2.75) is 0 Å². The Morgan fingerprint density at radius 3 is 1.57 bits per heavy atom. The fourth-order valence-electron chi connectivity index (χ4n) is 9.72. The van der Waals surface area contributed by atoms with Gasteiger partial charge >= 0.3 is 0 Å². The number of nitrogens with zero attached hydrogens (tertiary/aromatic N) is 4. The van der Waals surface area contributed by atoms with Crippen LogP contribution < -0.4 is 0 Å². The Balaban J connectivity index is 1.01. The lowest BCUT2D eigenvalue weighted by molar-refractivity contribution is 1.01. The Hall–Kier alpha value is -8.08. The first-order valence-corrected chi connectivity index (χ1v) is 20.5. The van der Waals surface area contributed by atoms with E-state index < -0.39 is 0 Å². The number of hydrogen-bond acceptors (Lipinski definition) is 2. The number of benzene rings is 10. The molecular weight excluding hydrogens is 729 g/mol. The molecule has 0 saturated heterocycles. The molecule has 0 radical (unpaired) electrons. The highest BCUT2D eigenvalue weighted by Gasteiger charge is 2.21. The summed E-state index contributed by atoms with van der Waals surface area (Å²) in [6.45, 7) is 0. The van der Waals surface area contributed by atoms with Crippen LogP contribution in [-0.4, -0.2) is 19.1 Å². The van der Waals surface area contributed by atoms with Gasteiger partial charge in [0.15, 0.2) is 0 Å². The first kappa shape index (κ1) is 32.9. The van der Waals surface area contributed by atoms with Crippen molar-refractivity contribution in [2.24, 2.45) is 0 Å². The summed E-state index contributed by atoms with van der Waals surface area (Å²) >= 11 is 0. The quantitative estimate of drug-likeness (QED) is 0.179. The van der Waals surface area contributed by atoms with Crippen molar-refractivity contribution in [2.75, 3.05) is 0 Å². The van der Waals surface area contributed by atoms with Gasteiger partial charge < -0.3 is 4.57 Å². The van der Waals surface area contributed by atoms with E-state index in [-0.39, 0.29) is 0 Å². The van der Waals surface area contributed by atoms with Crippen molar-refractivity contribution >= 4 is 86.8 Å². The van der Waals surface area contributed by atoms with Crippen LogP contribution in [0.25, 0.3) is 121 Å². The Labute approximate surface area is 344 Å². The van der Waals surface area contributed by atoms with Gasteiger partial charge in [-0.05, 0) is 92.0 Å². The molecule has 4 nitrogen and oxygen atoms in total. The molecule has 0 atom stereocenters.